The van der Waals surface area contributed by atoms with Gasteiger partial charge in [0, 0.05) is 37.6 Å². The Bertz CT molecular complexity index is 603. The summed E-state index contributed by atoms with van der Waals surface area (Å²) in [5.74, 6) is 1.90. The van der Waals surface area contributed by atoms with Crippen molar-refractivity contribution < 1.29 is 9.47 Å². The maximum Gasteiger partial charge on any atom is 0.191 e. The number of nitrogens with one attached hydrogen (secondary N) is 2. The minimum absolute atomic E-state index is 0.156. The van der Waals surface area contributed by atoms with E-state index in [4.69, 9.17) is 9.47 Å². The summed E-state index contributed by atoms with van der Waals surface area (Å²) < 4.78 is 11.7. The highest BCUT2D eigenvalue weighted by Crippen LogP contribution is 2.52. The Morgan fingerprint density at radius 3 is 2.85 bits per heavy atom. The lowest BCUT2D eigenvalue weighted by Crippen LogP contribution is -2.68. The Labute approximate surface area is 157 Å². The third kappa shape index (κ3) is 4.21. The number of aliphatic imine (C=N–C) groups is 1. The average Bonchev–Trinajstić information content (AvgIpc) is 3.10. The van der Waals surface area contributed by atoms with Crippen LogP contribution in [0.3, 0.4) is 0 Å². The summed E-state index contributed by atoms with van der Waals surface area (Å²) in [7, 11) is 1.83. The van der Waals surface area contributed by atoms with E-state index in [9.17, 15) is 0 Å². The maximum atomic E-state index is 5.87. The van der Waals surface area contributed by atoms with Crippen LogP contribution in [0.4, 0.5) is 0 Å². The van der Waals surface area contributed by atoms with E-state index in [-0.39, 0.29) is 5.41 Å². The van der Waals surface area contributed by atoms with E-state index >= 15 is 0 Å². The molecule has 144 valence electrons. The first-order chi connectivity index (χ1) is 12.5. The minimum Gasteiger partial charge on any atom is -0.377 e. The van der Waals surface area contributed by atoms with Gasteiger partial charge in [0.25, 0.3) is 0 Å². The molecule has 26 heavy (non-hydrogen) atoms. The molecule has 4 unspecified atom stereocenters. The van der Waals surface area contributed by atoms with Gasteiger partial charge in [-0.05, 0) is 17.9 Å². The molecule has 4 atom stereocenters. The molecular formula is C21H33N3O2. The largest absolute Gasteiger partial charge is 0.377 e. The second-order valence-electron chi connectivity index (χ2n) is 8.25. The van der Waals surface area contributed by atoms with Gasteiger partial charge in [-0.1, -0.05) is 51.1 Å². The average molecular weight is 360 g/mol. The molecule has 2 N–H and O–H groups in total. The van der Waals surface area contributed by atoms with Crippen molar-refractivity contribution in [3.8, 4) is 0 Å². The lowest BCUT2D eigenvalue weighted by molar-refractivity contribution is -0.106. The molecule has 1 aromatic carbocycles. The van der Waals surface area contributed by atoms with Crippen LogP contribution in [0.15, 0.2) is 35.3 Å². The van der Waals surface area contributed by atoms with E-state index in [0.29, 0.717) is 30.6 Å². The monoisotopic (exact) mass is 359 g/mol. The van der Waals surface area contributed by atoms with Crippen molar-refractivity contribution in [2.24, 2.45) is 22.2 Å². The molecule has 5 heteroatoms. The zero-order valence-corrected chi connectivity index (χ0v) is 16.5. The first-order valence-electron chi connectivity index (χ1n) is 9.73. The van der Waals surface area contributed by atoms with E-state index in [0.717, 1.165) is 32.1 Å². The van der Waals surface area contributed by atoms with Crippen molar-refractivity contribution in [2.45, 2.75) is 45.9 Å². The van der Waals surface area contributed by atoms with E-state index in [1.165, 1.54) is 5.56 Å². The summed E-state index contributed by atoms with van der Waals surface area (Å²) in [4.78, 5) is 4.40. The SMILES string of the molecule is CN=C(NCC(C)COCc1ccccc1)NC1C2CCOC2C1(C)C. The highest BCUT2D eigenvalue weighted by atomic mass is 16.5. The first-order valence-corrected chi connectivity index (χ1v) is 9.73. The van der Waals surface area contributed by atoms with E-state index in [1.54, 1.807) is 0 Å². The van der Waals surface area contributed by atoms with Gasteiger partial charge in [-0.3, -0.25) is 4.99 Å². The van der Waals surface area contributed by atoms with Crippen LogP contribution in [0.25, 0.3) is 0 Å². The van der Waals surface area contributed by atoms with Crippen LogP contribution < -0.4 is 10.6 Å². The Hall–Kier alpha value is -1.59. The molecule has 5 nitrogen and oxygen atoms in total. The molecule has 0 amide bonds. The van der Waals surface area contributed by atoms with E-state index in [2.05, 4.69) is 48.5 Å². The van der Waals surface area contributed by atoms with Crippen molar-refractivity contribution >= 4 is 5.96 Å². The first kappa shape index (κ1) is 19.2. The lowest BCUT2D eigenvalue weighted by Gasteiger charge is -2.54. The topological polar surface area (TPSA) is 54.9 Å². The summed E-state index contributed by atoms with van der Waals surface area (Å²) in [5, 5.41) is 7.07. The molecule has 1 aliphatic heterocycles. The van der Waals surface area contributed by atoms with Crippen LogP contribution in [0.1, 0.15) is 32.8 Å². The third-order valence-corrected chi connectivity index (χ3v) is 5.75. The van der Waals surface area contributed by atoms with Crippen molar-refractivity contribution in [1.29, 1.82) is 0 Å². The van der Waals surface area contributed by atoms with Gasteiger partial charge in [-0.2, -0.15) is 0 Å². The molecule has 0 spiro atoms. The number of benzene rings is 1. The zero-order valence-electron chi connectivity index (χ0n) is 16.5. The molecule has 1 saturated heterocycles. The van der Waals surface area contributed by atoms with Crippen molar-refractivity contribution in [1.82, 2.24) is 10.6 Å². The molecule has 2 fully saturated rings. The number of hydrogen-bond acceptors (Lipinski definition) is 3. The molecule has 1 aliphatic carbocycles. The van der Waals surface area contributed by atoms with Crippen molar-refractivity contribution in [3.63, 3.8) is 0 Å². The van der Waals surface area contributed by atoms with Gasteiger partial charge >= 0.3 is 0 Å². The summed E-state index contributed by atoms with van der Waals surface area (Å²) in [6.45, 7) is 9.88. The Morgan fingerprint density at radius 1 is 1.35 bits per heavy atom. The number of guanidine groups is 1. The molecular weight excluding hydrogens is 326 g/mol. The van der Waals surface area contributed by atoms with Gasteiger partial charge in [-0.15, -0.1) is 0 Å². The molecule has 1 saturated carbocycles. The van der Waals surface area contributed by atoms with Gasteiger partial charge in [0.1, 0.15) is 0 Å². The van der Waals surface area contributed by atoms with Gasteiger partial charge in [0.2, 0.25) is 0 Å². The lowest BCUT2D eigenvalue weighted by atomic mass is 9.57. The van der Waals surface area contributed by atoms with E-state index < -0.39 is 0 Å². The smallest absolute Gasteiger partial charge is 0.191 e. The molecule has 1 aromatic rings. The fraction of sp³-hybridized carbons (Fsp3) is 0.667. The predicted molar refractivity (Wildman–Crippen MR) is 105 cm³/mol. The Balaban J connectivity index is 1.38. The van der Waals surface area contributed by atoms with Crippen molar-refractivity contribution in [2.75, 3.05) is 26.8 Å². The highest BCUT2D eigenvalue weighted by molar-refractivity contribution is 5.80. The summed E-state index contributed by atoms with van der Waals surface area (Å²) >= 11 is 0. The Kier molecular flexibility index (Phi) is 6.20. The van der Waals surface area contributed by atoms with Gasteiger partial charge in [0.15, 0.2) is 5.96 Å². The standard InChI is InChI=1S/C21H33N3O2/c1-15(13-25-14-16-8-6-5-7-9-16)12-23-20(22-4)24-18-17-10-11-26-19(17)21(18,2)3/h5-9,15,17-19H,10-14H2,1-4H3,(H2,22,23,24). The minimum atomic E-state index is 0.156. The number of nitrogens with zero attached hydrogens (tertiary/aromatic N) is 1. The predicted octanol–water partition coefficient (Wildman–Crippen LogP) is 2.82. The fourth-order valence-corrected chi connectivity index (χ4v) is 4.24. The normalized spacial score (nSPS) is 28.2. The summed E-state index contributed by atoms with van der Waals surface area (Å²) in [5.41, 5.74) is 1.37. The van der Waals surface area contributed by atoms with Crippen LogP contribution >= 0.6 is 0 Å². The van der Waals surface area contributed by atoms with E-state index in [1.807, 2.05) is 25.2 Å². The fourth-order valence-electron chi connectivity index (χ4n) is 4.24. The third-order valence-electron chi connectivity index (χ3n) is 5.75. The van der Waals surface area contributed by atoms with Crippen LogP contribution in [-0.2, 0) is 16.1 Å². The van der Waals surface area contributed by atoms with Crippen LogP contribution in [-0.4, -0.2) is 44.9 Å². The summed E-state index contributed by atoms with van der Waals surface area (Å²) in [6, 6.07) is 10.7. The number of ether oxygens (including phenoxy) is 2. The second-order valence-corrected chi connectivity index (χ2v) is 8.25. The number of hydrogen-bond donors (Lipinski definition) is 2. The molecule has 0 aromatic heterocycles. The van der Waals surface area contributed by atoms with Crippen LogP contribution in [0.5, 0.6) is 0 Å². The quantitative estimate of drug-likeness (QED) is 0.581. The molecule has 3 rings (SSSR count). The van der Waals surface area contributed by atoms with Gasteiger partial charge in [-0.25, -0.2) is 0 Å². The maximum absolute atomic E-state index is 5.87. The Morgan fingerprint density at radius 2 is 2.12 bits per heavy atom. The van der Waals surface area contributed by atoms with Gasteiger partial charge in [0.05, 0.1) is 19.3 Å². The van der Waals surface area contributed by atoms with Crippen LogP contribution in [0, 0.1) is 17.3 Å². The van der Waals surface area contributed by atoms with Crippen LogP contribution in [0.2, 0.25) is 0 Å². The number of fused-ring (bicyclic) bond motifs is 1. The molecule has 0 radical (unpaired) electrons. The van der Waals surface area contributed by atoms with Crippen molar-refractivity contribution in [3.05, 3.63) is 35.9 Å². The summed E-state index contributed by atoms with van der Waals surface area (Å²) in [6.07, 6.45) is 1.54. The zero-order chi connectivity index (χ0) is 18.6. The van der Waals surface area contributed by atoms with Gasteiger partial charge < -0.3 is 20.1 Å². The number of rotatable bonds is 7. The second kappa shape index (κ2) is 8.40. The molecule has 2 aliphatic rings. The highest BCUT2D eigenvalue weighted by Gasteiger charge is 2.59. The molecule has 0 bridgehead atoms. The molecule has 1 heterocycles.